The van der Waals surface area contributed by atoms with Crippen molar-refractivity contribution in [2.45, 2.75) is 10.7 Å². The van der Waals surface area contributed by atoms with Crippen LogP contribution in [0.3, 0.4) is 0 Å². The maximum absolute atomic E-state index is 4.56. The van der Waals surface area contributed by atoms with Crippen LogP contribution in [0.5, 0.6) is 0 Å². The highest BCUT2D eigenvalue weighted by Crippen LogP contribution is 2.20. The Bertz CT molecular complexity index is 499. The second-order valence-corrected chi connectivity index (χ2v) is 5.05. The highest BCUT2D eigenvalue weighted by atomic mass is 79.9. The van der Waals surface area contributed by atoms with Crippen molar-refractivity contribution in [1.82, 2.24) is 9.97 Å². The largest absolute Gasteiger partial charge is 0.248 e. The van der Waals surface area contributed by atoms with Gasteiger partial charge in [-0.2, -0.15) is 0 Å². The Morgan fingerprint density at radius 1 is 0.933 bits per heavy atom. The number of nitrogens with zero attached hydrogens (tertiary/aromatic N) is 2. The van der Waals surface area contributed by atoms with E-state index in [4.69, 9.17) is 0 Å². The minimum absolute atomic E-state index is 0.726. The number of hydrogen-bond donors (Lipinski definition) is 0. The van der Waals surface area contributed by atoms with Gasteiger partial charge in [0.15, 0.2) is 0 Å². The van der Waals surface area contributed by atoms with E-state index in [-0.39, 0.29) is 0 Å². The molecule has 15 heavy (non-hydrogen) atoms. The van der Waals surface area contributed by atoms with Crippen molar-refractivity contribution in [2.24, 2.45) is 0 Å². The topological polar surface area (TPSA) is 25.8 Å². The molecule has 2 nitrogen and oxygen atoms in total. The number of benzene rings is 1. The molecule has 1 aromatic carbocycles. The summed E-state index contributed by atoms with van der Waals surface area (Å²) in [6.07, 6.45) is 0. The fourth-order valence-electron chi connectivity index (χ4n) is 1.31. The van der Waals surface area contributed by atoms with Crippen LogP contribution >= 0.6 is 47.8 Å². The second kappa shape index (κ2) is 4.89. The minimum atomic E-state index is 0.726. The highest BCUT2D eigenvalue weighted by Gasteiger charge is 2.06. The van der Waals surface area contributed by atoms with E-state index in [2.05, 4.69) is 57.8 Å². The van der Waals surface area contributed by atoms with Gasteiger partial charge in [-0.15, -0.1) is 0 Å². The molecule has 0 saturated carbocycles. The van der Waals surface area contributed by atoms with Crippen LogP contribution in [0.15, 0.2) is 22.7 Å². The minimum Gasteiger partial charge on any atom is -0.248 e. The van der Waals surface area contributed by atoms with Gasteiger partial charge in [-0.3, -0.25) is 0 Å². The zero-order chi connectivity index (χ0) is 10.8. The number of fused-ring (bicyclic) bond motifs is 1. The van der Waals surface area contributed by atoms with Gasteiger partial charge in [-0.25, -0.2) is 9.97 Å². The van der Waals surface area contributed by atoms with E-state index >= 15 is 0 Å². The van der Waals surface area contributed by atoms with Crippen LogP contribution in [0.4, 0.5) is 0 Å². The SMILES string of the molecule is BrCc1nc2ccc(Br)cc2nc1CBr. The van der Waals surface area contributed by atoms with Crippen LogP contribution in [0.25, 0.3) is 11.0 Å². The summed E-state index contributed by atoms with van der Waals surface area (Å²) in [4.78, 5) is 9.10. The van der Waals surface area contributed by atoms with Gasteiger partial charge >= 0.3 is 0 Å². The predicted molar refractivity (Wildman–Crippen MR) is 72.5 cm³/mol. The lowest BCUT2D eigenvalue weighted by Gasteiger charge is -2.05. The molecule has 0 aliphatic carbocycles. The Morgan fingerprint density at radius 3 is 2.13 bits per heavy atom. The normalized spacial score (nSPS) is 10.9. The molecule has 0 fully saturated rings. The lowest BCUT2D eigenvalue weighted by atomic mass is 10.2. The smallest absolute Gasteiger partial charge is 0.0901 e. The van der Waals surface area contributed by atoms with Gasteiger partial charge in [0.05, 0.1) is 22.4 Å². The highest BCUT2D eigenvalue weighted by molar-refractivity contribution is 9.10. The maximum Gasteiger partial charge on any atom is 0.0901 e. The lowest BCUT2D eigenvalue weighted by molar-refractivity contribution is 1.08. The molecule has 0 aliphatic rings. The van der Waals surface area contributed by atoms with Crippen LogP contribution in [0.2, 0.25) is 0 Å². The molecule has 0 unspecified atom stereocenters. The Labute approximate surface area is 113 Å². The van der Waals surface area contributed by atoms with Crippen molar-refractivity contribution in [3.05, 3.63) is 34.1 Å². The number of hydrogen-bond acceptors (Lipinski definition) is 2. The van der Waals surface area contributed by atoms with E-state index in [1.54, 1.807) is 0 Å². The standard InChI is InChI=1S/C10H7Br3N2/c11-4-9-10(5-12)15-8-3-6(13)1-2-7(8)14-9/h1-3H,4-5H2. The maximum atomic E-state index is 4.56. The van der Waals surface area contributed by atoms with Crippen molar-refractivity contribution in [1.29, 1.82) is 0 Å². The molecule has 1 heterocycles. The molecule has 0 radical (unpaired) electrons. The molecule has 78 valence electrons. The van der Waals surface area contributed by atoms with Crippen LogP contribution in [0, 0.1) is 0 Å². The molecule has 2 aromatic rings. The first-order valence-electron chi connectivity index (χ1n) is 4.31. The zero-order valence-electron chi connectivity index (χ0n) is 7.67. The molecule has 0 amide bonds. The van der Waals surface area contributed by atoms with Gasteiger partial charge in [-0.1, -0.05) is 47.8 Å². The summed E-state index contributed by atoms with van der Waals surface area (Å²) in [6.45, 7) is 0. The van der Waals surface area contributed by atoms with Crippen LogP contribution < -0.4 is 0 Å². The summed E-state index contributed by atoms with van der Waals surface area (Å²) >= 11 is 10.3. The van der Waals surface area contributed by atoms with Crippen molar-refractivity contribution in [2.75, 3.05) is 0 Å². The van der Waals surface area contributed by atoms with E-state index in [1.807, 2.05) is 18.2 Å². The third-order valence-electron chi connectivity index (χ3n) is 2.03. The van der Waals surface area contributed by atoms with Crippen molar-refractivity contribution < 1.29 is 0 Å². The molecule has 5 heteroatoms. The first-order chi connectivity index (χ1) is 7.24. The van der Waals surface area contributed by atoms with Crippen molar-refractivity contribution in [3.63, 3.8) is 0 Å². The van der Waals surface area contributed by atoms with Gasteiger partial charge < -0.3 is 0 Å². The summed E-state index contributed by atoms with van der Waals surface area (Å²) in [6, 6.07) is 5.92. The average molecular weight is 395 g/mol. The Balaban J connectivity index is 2.69. The van der Waals surface area contributed by atoms with E-state index < -0.39 is 0 Å². The van der Waals surface area contributed by atoms with Crippen LogP contribution in [0.1, 0.15) is 11.4 Å². The van der Waals surface area contributed by atoms with E-state index in [0.717, 1.165) is 37.6 Å². The van der Waals surface area contributed by atoms with Gasteiger partial charge in [0.2, 0.25) is 0 Å². The first-order valence-corrected chi connectivity index (χ1v) is 7.35. The molecule has 0 aliphatic heterocycles. The van der Waals surface area contributed by atoms with E-state index in [1.165, 1.54) is 0 Å². The molecule has 0 atom stereocenters. The summed E-state index contributed by atoms with van der Waals surface area (Å²) in [5.41, 5.74) is 3.82. The third-order valence-corrected chi connectivity index (χ3v) is 3.59. The molecule has 2 rings (SSSR count). The molecular formula is C10H7Br3N2. The van der Waals surface area contributed by atoms with Gasteiger partial charge in [0, 0.05) is 15.1 Å². The first kappa shape index (κ1) is 11.5. The number of rotatable bonds is 2. The van der Waals surface area contributed by atoms with Gasteiger partial charge in [-0.05, 0) is 18.2 Å². The predicted octanol–water partition coefficient (Wildman–Crippen LogP) is 4.18. The Hall–Kier alpha value is -0.000000000000000111. The molecular weight excluding hydrogens is 388 g/mol. The molecule has 0 spiro atoms. The van der Waals surface area contributed by atoms with Gasteiger partial charge in [0.1, 0.15) is 0 Å². The number of halogens is 3. The Kier molecular flexibility index (Phi) is 3.74. The molecule has 0 bridgehead atoms. The Morgan fingerprint density at radius 2 is 1.53 bits per heavy atom. The molecule has 1 aromatic heterocycles. The van der Waals surface area contributed by atoms with E-state index in [9.17, 15) is 0 Å². The van der Waals surface area contributed by atoms with Crippen LogP contribution in [-0.2, 0) is 10.7 Å². The summed E-state index contributed by atoms with van der Waals surface area (Å²) < 4.78 is 1.02. The van der Waals surface area contributed by atoms with Gasteiger partial charge in [0.25, 0.3) is 0 Å². The fourth-order valence-corrected chi connectivity index (χ4v) is 2.56. The second-order valence-electron chi connectivity index (χ2n) is 3.02. The van der Waals surface area contributed by atoms with Crippen molar-refractivity contribution in [3.8, 4) is 0 Å². The van der Waals surface area contributed by atoms with E-state index in [0.29, 0.717) is 0 Å². The lowest BCUT2D eigenvalue weighted by Crippen LogP contribution is -1.98. The zero-order valence-corrected chi connectivity index (χ0v) is 12.4. The molecule has 0 N–H and O–H groups in total. The summed E-state index contributed by atoms with van der Waals surface area (Å²) in [7, 11) is 0. The number of alkyl halides is 2. The summed E-state index contributed by atoms with van der Waals surface area (Å²) in [5, 5.41) is 1.45. The quantitative estimate of drug-likeness (QED) is 0.714. The van der Waals surface area contributed by atoms with Crippen molar-refractivity contribution >= 4 is 58.8 Å². The number of aromatic nitrogens is 2. The third kappa shape index (κ3) is 2.40. The average Bonchev–Trinajstić information content (AvgIpc) is 2.27. The summed E-state index contributed by atoms with van der Waals surface area (Å²) in [5.74, 6) is 0. The van der Waals surface area contributed by atoms with Crippen LogP contribution in [-0.4, -0.2) is 9.97 Å². The molecule has 0 saturated heterocycles. The monoisotopic (exact) mass is 392 g/mol. The fraction of sp³-hybridized carbons (Fsp3) is 0.200.